The number of nitrogens with one attached hydrogen (secondary N) is 1. The van der Waals surface area contributed by atoms with E-state index >= 15 is 4.79 Å². The number of aryl methyl sites for hydroxylation is 1. The molecule has 3 heterocycles. The number of rotatable bonds is 7. The Labute approximate surface area is 331 Å². The van der Waals surface area contributed by atoms with Crippen LogP contribution < -0.4 is 20.0 Å². The van der Waals surface area contributed by atoms with Gasteiger partial charge in [-0.25, -0.2) is 0 Å². The molecule has 2 aliphatic carbocycles. The van der Waals surface area contributed by atoms with Crippen LogP contribution in [-0.2, 0) is 29.3 Å². The number of morpholine rings is 1. The number of phenolic OH excluding ortho intramolecular Hbond substituents is 1. The van der Waals surface area contributed by atoms with E-state index in [0.717, 1.165) is 34.5 Å². The van der Waals surface area contributed by atoms with Gasteiger partial charge in [0.25, 0.3) is 11.8 Å². The molecule has 14 heteroatoms. The van der Waals surface area contributed by atoms with Crippen LogP contribution in [0.15, 0.2) is 109 Å². The maximum Gasteiger partial charge on any atom is 0.573 e. The molecule has 9 rings (SSSR count). The Morgan fingerprint density at radius 3 is 2.21 bits per heavy atom. The molecule has 3 aliphatic heterocycles. The van der Waals surface area contributed by atoms with Crippen molar-refractivity contribution in [2.24, 2.45) is 23.7 Å². The van der Waals surface area contributed by atoms with Crippen molar-refractivity contribution in [1.82, 2.24) is 5.01 Å². The third-order valence-electron chi connectivity index (χ3n) is 12.4. The summed E-state index contributed by atoms with van der Waals surface area (Å²) < 4.78 is 50.8. The van der Waals surface area contributed by atoms with Gasteiger partial charge in [0.15, 0.2) is 0 Å². The average Bonchev–Trinajstić information content (AvgIpc) is 3.60. The topological polar surface area (TPSA) is 129 Å². The number of anilines is 3. The van der Waals surface area contributed by atoms with Crippen LogP contribution in [0.5, 0.6) is 11.5 Å². The largest absolute Gasteiger partial charge is 0.573 e. The van der Waals surface area contributed by atoms with E-state index in [1.165, 1.54) is 4.90 Å². The summed E-state index contributed by atoms with van der Waals surface area (Å²) >= 11 is 0. The highest BCUT2D eigenvalue weighted by Crippen LogP contribution is 2.65. The normalized spacial score (nSPS) is 26.9. The Morgan fingerprint density at radius 1 is 0.828 bits per heavy atom. The molecular formula is C44H39F3N4O7. The van der Waals surface area contributed by atoms with Gasteiger partial charge in [-0.05, 0) is 85.8 Å². The molecular weight excluding hydrogens is 753 g/mol. The van der Waals surface area contributed by atoms with E-state index < -0.39 is 76.5 Å². The molecule has 3 saturated heterocycles. The molecule has 1 saturated carbocycles. The van der Waals surface area contributed by atoms with Crippen molar-refractivity contribution in [1.29, 1.82) is 0 Å². The maximum atomic E-state index is 15.3. The molecule has 4 aromatic carbocycles. The number of benzene rings is 4. The molecule has 2 N–H and O–H groups in total. The summed E-state index contributed by atoms with van der Waals surface area (Å²) in [5, 5.41) is 12.5. The third-order valence-corrected chi connectivity index (χ3v) is 12.4. The zero-order valence-electron chi connectivity index (χ0n) is 31.3. The quantitative estimate of drug-likeness (QED) is 0.157. The van der Waals surface area contributed by atoms with Crippen molar-refractivity contribution in [2.45, 2.75) is 37.5 Å². The molecule has 58 heavy (non-hydrogen) atoms. The fourth-order valence-corrected chi connectivity index (χ4v) is 9.94. The van der Waals surface area contributed by atoms with Crippen LogP contribution in [0, 0.1) is 30.6 Å². The summed E-state index contributed by atoms with van der Waals surface area (Å²) in [7, 11) is 0. The first-order valence-electron chi connectivity index (χ1n) is 19.2. The molecule has 298 valence electrons. The zero-order valence-corrected chi connectivity index (χ0v) is 31.3. The Bertz CT molecular complexity index is 2330. The van der Waals surface area contributed by atoms with E-state index in [2.05, 4.69) is 15.1 Å². The predicted molar refractivity (Wildman–Crippen MR) is 206 cm³/mol. The number of halogens is 3. The summed E-state index contributed by atoms with van der Waals surface area (Å²) in [5.74, 6) is -8.24. The van der Waals surface area contributed by atoms with E-state index in [-0.39, 0.29) is 18.4 Å². The van der Waals surface area contributed by atoms with Gasteiger partial charge in [0.1, 0.15) is 11.5 Å². The number of allylic oxidation sites excluding steroid dienone is 2. The van der Waals surface area contributed by atoms with E-state index in [1.807, 2.05) is 31.2 Å². The molecule has 4 fully saturated rings. The molecule has 0 aromatic heterocycles. The van der Waals surface area contributed by atoms with Crippen LogP contribution in [0.1, 0.15) is 35.4 Å². The number of alkyl halides is 3. The number of nitrogens with zero attached hydrogens (tertiary/aromatic N) is 3. The minimum atomic E-state index is -5.07. The first kappa shape index (κ1) is 37.4. The number of carbonyl (C=O) groups is 4. The van der Waals surface area contributed by atoms with Crippen molar-refractivity contribution in [3.63, 3.8) is 0 Å². The van der Waals surface area contributed by atoms with Gasteiger partial charge in [-0.3, -0.25) is 29.5 Å². The molecule has 4 amide bonds. The fraction of sp³-hybridized carbons (Fsp3) is 0.318. The first-order valence-corrected chi connectivity index (χ1v) is 19.2. The van der Waals surface area contributed by atoms with Gasteiger partial charge < -0.3 is 19.5 Å². The lowest BCUT2D eigenvalue weighted by molar-refractivity contribution is -0.274. The molecule has 6 atom stereocenters. The second-order valence-electron chi connectivity index (χ2n) is 15.5. The Hall–Kier alpha value is -6.15. The number of ether oxygens (including phenoxy) is 2. The molecule has 0 bridgehead atoms. The average molecular weight is 793 g/mol. The highest BCUT2D eigenvalue weighted by Gasteiger charge is 2.70. The fourth-order valence-electron chi connectivity index (χ4n) is 9.94. The number of imide groups is 2. The number of phenols is 1. The molecule has 5 aliphatic rings. The summed E-state index contributed by atoms with van der Waals surface area (Å²) in [5.41, 5.74) is 4.67. The Morgan fingerprint density at radius 2 is 1.52 bits per heavy atom. The maximum absolute atomic E-state index is 15.3. The second-order valence-corrected chi connectivity index (χ2v) is 15.5. The SMILES string of the molecule is Cc1ccc(NN2C(=O)C3CC4C(=CCC5C(=O)N(c6ccc(N7CCOCC7)cc6)C(=O)C54)C(c4cc(OC(F)(F)F)ccc4O)C3(c3ccccc3)C2=O)cc1. The summed E-state index contributed by atoms with van der Waals surface area (Å²) in [4.78, 5) is 62.5. The third kappa shape index (κ3) is 6.00. The smallest absolute Gasteiger partial charge is 0.508 e. The standard InChI is InChI=1S/C44H39F3N4O7/c1-25-7-9-27(10-8-25)48-51-40(54)35-24-33-31(16-17-32-37(33)41(55)50(39(32)53)29-13-11-28(12-14-29)49-19-21-57-22-20-49)38(43(35,42(51)56)26-5-3-2-4-6-26)34-23-30(15-18-36(34)52)58-44(45,46)47/h2-16,18,23,32-33,35,37-38,48,52H,17,19-22,24H2,1H3. The van der Waals surface area contributed by atoms with Crippen molar-refractivity contribution in [3.05, 3.63) is 125 Å². The lowest BCUT2D eigenvalue weighted by Crippen LogP contribution is -2.53. The monoisotopic (exact) mass is 792 g/mol. The molecule has 6 unspecified atom stereocenters. The van der Waals surface area contributed by atoms with Gasteiger partial charge in [0.05, 0.1) is 47.8 Å². The minimum Gasteiger partial charge on any atom is -0.508 e. The minimum absolute atomic E-state index is 0.0304. The predicted octanol–water partition coefficient (Wildman–Crippen LogP) is 6.63. The van der Waals surface area contributed by atoms with Gasteiger partial charge in [-0.2, -0.15) is 5.01 Å². The van der Waals surface area contributed by atoms with E-state index in [9.17, 15) is 32.7 Å². The number of aromatic hydroxyl groups is 1. The van der Waals surface area contributed by atoms with E-state index in [0.29, 0.717) is 48.8 Å². The van der Waals surface area contributed by atoms with Crippen LogP contribution in [-0.4, -0.2) is 66.4 Å². The highest BCUT2D eigenvalue weighted by atomic mass is 19.4. The van der Waals surface area contributed by atoms with Gasteiger partial charge in [0.2, 0.25) is 11.8 Å². The van der Waals surface area contributed by atoms with Crippen molar-refractivity contribution >= 4 is 40.7 Å². The summed E-state index contributed by atoms with van der Waals surface area (Å²) in [6.45, 7) is 4.47. The van der Waals surface area contributed by atoms with Gasteiger partial charge in [-0.1, -0.05) is 59.7 Å². The van der Waals surface area contributed by atoms with Crippen LogP contribution in [0.25, 0.3) is 0 Å². The first-order chi connectivity index (χ1) is 27.9. The number of hydrogen-bond acceptors (Lipinski definition) is 9. The number of amides is 4. The van der Waals surface area contributed by atoms with Crippen LogP contribution in [0.2, 0.25) is 0 Å². The molecule has 11 nitrogen and oxygen atoms in total. The lowest BCUT2D eigenvalue weighted by atomic mass is 9.49. The van der Waals surface area contributed by atoms with Gasteiger partial charge in [0, 0.05) is 30.3 Å². The molecule has 0 spiro atoms. The second kappa shape index (κ2) is 14.0. The lowest BCUT2D eigenvalue weighted by Gasteiger charge is -2.50. The van der Waals surface area contributed by atoms with Crippen molar-refractivity contribution < 1.29 is 46.9 Å². The Kier molecular flexibility index (Phi) is 9.06. The highest BCUT2D eigenvalue weighted by molar-refractivity contribution is 6.22. The summed E-state index contributed by atoms with van der Waals surface area (Å²) in [6, 6.07) is 25.8. The van der Waals surface area contributed by atoms with Gasteiger partial charge in [-0.15, -0.1) is 13.2 Å². The molecule has 0 radical (unpaired) electrons. The summed E-state index contributed by atoms with van der Waals surface area (Å²) in [6.07, 6.45) is -3.24. The van der Waals surface area contributed by atoms with Gasteiger partial charge >= 0.3 is 6.36 Å². The number of fused-ring (bicyclic) bond motifs is 4. The van der Waals surface area contributed by atoms with E-state index in [1.54, 1.807) is 60.7 Å². The number of hydrogen-bond donors (Lipinski definition) is 2. The van der Waals surface area contributed by atoms with Crippen LogP contribution in [0.4, 0.5) is 30.2 Å². The molecule has 4 aromatic rings. The number of hydrazine groups is 1. The zero-order chi connectivity index (χ0) is 40.5. The van der Waals surface area contributed by atoms with Crippen molar-refractivity contribution in [3.8, 4) is 11.5 Å². The van der Waals surface area contributed by atoms with E-state index in [4.69, 9.17) is 4.74 Å². The van der Waals surface area contributed by atoms with Crippen LogP contribution in [0.3, 0.4) is 0 Å². The van der Waals surface area contributed by atoms with Crippen molar-refractivity contribution in [2.75, 3.05) is 41.5 Å². The number of carbonyl (C=O) groups excluding carboxylic acids is 4. The Balaban J connectivity index is 1.18. The van der Waals surface area contributed by atoms with Crippen LogP contribution >= 0.6 is 0 Å².